The van der Waals surface area contributed by atoms with Crippen LogP contribution in [0.15, 0.2) is 108 Å². The molecule has 0 aliphatic heterocycles. The third-order valence-electron chi connectivity index (χ3n) is 5.38. The summed E-state index contributed by atoms with van der Waals surface area (Å²) in [6.45, 7) is 5.81. The number of hydrogen-bond acceptors (Lipinski definition) is 3. The Kier molecular flexibility index (Phi) is 9.27. The van der Waals surface area contributed by atoms with Crippen LogP contribution in [-0.2, 0) is 4.79 Å². The van der Waals surface area contributed by atoms with Crippen LogP contribution in [0.25, 0.3) is 10.8 Å². The number of carbonyl (C=O) groups excluding carboxylic acids is 1. The highest BCUT2D eigenvalue weighted by Gasteiger charge is 2.21. The number of nitrogens with one attached hydrogen (secondary N) is 1. The third kappa shape index (κ3) is 7.87. The first-order valence-corrected chi connectivity index (χ1v) is 11.6. The number of ether oxygens (including phenoxy) is 1. The lowest BCUT2D eigenvalue weighted by Crippen LogP contribution is -2.40. The molecule has 1 atom stereocenters. The molecule has 1 amide bonds. The lowest BCUT2D eigenvalue weighted by Gasteiger charge is -2.15. The molecule has 180 valence electrons. The lowest BCUT2D eigenvalue weighted by atomic mass is 10.0. The summed E-state index contributed by atoms with van der Waals surface area (Å²) in [6, 6.07) is 9.84. The topological polar surface area (TPSA) is 75.6 Å². The van der Waals surface area contributed by atoms with Crippen LogP contribution < -0.4 is 10.1 Å². The standard InChI is InChI=1S/C29H28ClNO4/c1-3-25(30)14-10-20(2)16-27(29(33)34)31-28(32)24-12-11-23-18-26(15-13-22(23)17-24)35-19-21-8-6-4-5-7-9-21/h3-4,6-15,17-18,27H,1,5,16,19H2,2H3,(H,31,32)(H,33,34)/b20-10+,25-14+. The Morgan fingerprint density at radius 1 is 1.17 bits per heavy atom. The first-order valence-electron chi connectivity index (χ1n) is 11.2. The highest BCUT2D eigenvalue weighted by molar-refractivity contribution is 6.31. The Morgan fingerprint density at radius 3 is 2.71 bits per heavy atom. The summed E-state index contributed by atoms with van der Waals surface area (Å²) in [5.74, 6) is -0.829. The zero-order valence-corrected chi connectivity index (χ0v) is 20.3. The quantitative estimate of drug-likeness (QED) is 0.374. The van der Waals surface area contributed by atoms with Crippen molar-refractivity contribution in [2.45, 2.75) is 25.8 Å². The number of carboxylic acids is 1. The van der Waals surface area contributed by atoms with E-state index in [0.717, 1.165) is 34.1 Å². The number of carbonyl (C=O) groups is 2. The highest BCUT2D eigenvalue weighted by atomic mass is 35.5. The van der Waals surface area contributed by atoms with Gasteiger partial charge in [0.25, 0.3) is 5.91 Å². The molecule has 35 heavy (non-hydrogen) atoms. The van der Waals surface area contributed by atoms with Crippen LogP contribution in [0, 0.1) is 0 Å². The second-order valence-corrected chi connectivity index (χ2v) is 8.59. The zero-order chi connectivity index (χ0) is 25.2. The minimum atomic E-state index is -1.11. The maximum Gasteiger partial charge on any atom is 0.326 e. The van der Waals surface area contributed by atoms with Gasteiger partial charge in [0.15, 0.2) is 0 Å². The molecule has 1 unspecified atom stereocenters. The minimum Gasteiger partial charge on any atom is -0.489 e. The first-order chi connectivity index (χ1) is 16.9. The Hall–Kier alpha value is -3.83. The van der Waals surface area contributed by atoms with E-state index in [9.17, 15) is 14.7 Å². The van der Waals surface area contributed by atoms with Crippen LogP contribution in [0.5, 0.6) is 5.75 Å². The molecule has 0 bridgehead atoms. The smallest absolute Gasteiger partial charge is 0.326 e. The van der Waals surface area contributed by atoms with Gasteiger partial charge < -0.3 is 15.2 Å². The van der Waals surface area contributed by atoms with Gasteiger partial charge in [-0.3, -0.25) is 4.79 Å². The van der Waals surface area contributed by atoms with Crippen molar-refractivity contribution < 1.29 is 19.4 Å². The predicted molar refractivity (Wildman–Crippen MR) is 142 cm³/mol. The third-order valence-corrected chi connectivity index (χ3v) is 5.66. The van der Waals surface area contributed by atoms with E-state index in [1.807, 2.05) is 36.4 Å². The maximum absolute atomic E-state index is 12.8. The van der Waals surface area contributed by atoms with Crippen molar-refractivity contribution in [1.82, 2.24) is 5.32 Å². The van der Waals surface area contributed by atoms with Gasteiger partial charge in [-0.05, 0) is 66.5 Å². The molecule has 5 nitrogen and oxygen atoms in total. The van der Waals surface area contributed by atoms with Gasteiger partial charge in [0, 0.05) is 10.6 Å². The molecule has 1 aliphatic carbocycles. The Balaban J connectivity index is 1.68. The van der Waals surface area contributed by atoms with Crippen molar-refractivity contribution in [3.8, 4) is 5.75 Å². The Bertz CT molecular complexity index is 1270. The number of allylic oxidation sites excluding steroid dienone is 8. The molecule has 2 aromatic rings. The molecule has 3 rings (SSSR count). The fraction of sp³-hybridized carbons (Fsp3) is 0.172. The lowest BCUT2D eigenvalue weighted by molar-refractivity contribution is -0.139. The molecule has 0 radical (unpaired) electrons. The van der Waals surface area contributed by atoms with Crippen LogP contribution in [0.4, 0.5) is 0 Å². The largest absolute Gasteiger partial charge is 0.489 e. The molecule has 0 saturated carbocycles. The van der Waals surface area contributed by atoms with E-state index in [-0.39, 0.29) is 6.42 Å². The van der Waals surface area contributed by atoms with E-state index in [1.54, 1.807) is 31.2 Å². The number of amides is 1. The molecule has 0 spiro atoms. The second kappa shape index (κ2) is 12.6. The van der Waals surface area contributed by atoms with E-state index in [1.165, 1.54) is 6.08 Å². The van der Waals surface area contributed by atoms with E-state index in [2.05, 4.69) is 30.1 Å². The normalized spacial score (nSPS) is 14.7. The summed E-state index contributed by atoms with van der Waals surface area (Å²) in [7, 11) is 0. The van der Waals surface area contributed by atoms with Crippen LogP contribution in [0.2, 0.25) is 0 Å². The van der Waals surface area contributed by atoms with Crippen molar-refractivity contribution >= 4 is 34.2 Å². The molecule has 6 heteroatoms. The summed E-state index contributed by atoms with van der Waals surface area (Å²) in [5, 5.41) is 14.4. The van der Waals surface area contributed by atoms with Gasteiger partial charge in [0.2, 0.25) is 0 Å². The van der Waals surface area contributed by atoms with Crippen LogP contribution in [-0.4, -0.2) is 29.6 Å². The molecule has 2 N–H and O–H groups in total. The molecule has 0 aromatic heterocycles. The average Bonchev–Trinajstić information content (AvgIpc) is 3.14. The van der Waals surface area contributed by atoms with Crippen molar-refractivity contribution in [1.29, 1.82) is 0 Å². The summed E-state index contributed by atoms with van der Waals surface area (Å²) in [4.78, 5) is 24.5. The average molecular weight is 490 g/mol. The van der Waals surface area contributed by atoms with E-state index in [0.29, 0.717) is 17.2 Å². The van der Waals surface area contributed by atoms with E-state index in [4.69, 9.17) is 16.3 Å². The van der Waals surface area contributed by atoms with Crippen LogP contribution in [0.1, 0.15) is 30.1 Å². The maximum atomic E-state index is 12.8. The molecule has 0 heterocycles. The number of carboxylic acid groups (broad SMARTS) is 1. The number of halogens is 1. The van der Waals surface area contributed by atoms with Crippen molar-refractivity contribution in [2.75, 3.05) is 6.61 Å². The monoisotopic (exact) mass is 489 g/mol. The summed E-state index contributed by atoms with van der Waals surface area (Å²) >= 11 is 5.89. The van der Waals surface area contributed by atoms with Gasteiger partial charge in [0.05, 0.1) is 0 Å². The number of hydrogen-bond donors (Lipinski definition) is 2. The molecule has 0 saturated heterocycles. The van der Waals surface area contributed by atoms with Crippen molar-refractivity contribution in [3.05, 3.63) is 113 Å². The number of fused-ring (bicyclic) bond motifs is 1. The van der Waals surface area contributed by atoms with E-state index < -0.39 is 17.9 Å². The Morgan fingerprint density at radius 2 is 1.94 bits per heavy atom. The number of aliphatic carboxylic acids is 1. The summed E-state index contributed by atoms with van der Waals surface area (Å²) in [5.41, 5.74) is 2.23. The Labute approximate surface area is 210 Å². The van der Waals surface area contributed by atoms with Gasteiger partial charge in [-0.15, -0.1) is 0 Å². The molecule has 2 aromatic carbocycles. The molecular weight excluding hydrogens is 462 g/mol. The van der Waals surface area contributed by atoms with Crippen LogP contribution >= 0.6 is 11.6 Å². The van der Waals surface area contributed by atoms with E-state index >= 15 is 0 Å². The zero-order valence-electron chi connectivity index (χ0n) is 19.5. The van der Waals surface area contributed by atoms with Gasteiger partial charge in [-0.25, -0.2) is 4.79 Å². The first kappa shape index (κ1) is 25.8. The van der Waals surface area contributed by atoms with Gasteiger partial charge in [-0.2, -0.15) is 0 Å². The van der Waals surface area contributed by atoms with Crippen molar-refractivity contribution in [2.24, 2.45) is 0 Å². The second-order valence-electron chi connectivity index (χ2n) is 8.16. The van der Waals surface area contributed by atoms with Gasteiger partial charge in [-0.1, -0.05) is 78.4 Å². The van der Waals surface area contributed by atoms with Crippen molar-refractivity contribution in [3.63, 3.8) is 0 Å². The molecular formula is C29H28ClNO4. The van der Waals surface area contributed by atoms with Gasteiger partial charge in [0.1, 0.15) is 18.4 Å². The summed E-state index contributed by atoms with van der Waals surface area (Å²) in [6.07, 6.45) is 16.2. The predicted octanol–water partition coefficient (Wildman–Crippen LogP) is 6.49. The SMILES string of the molecule is C=C/C(Cl)=C\C=C(/C)CC(NC(=O)c1ccc2cc(OCC3=CC=CCC=C3)ccc2c1)C(=O)O. The minimum absolute atomic E-state index is 0.147. The number of rotatable bonds is 10. The molecule has 0 fully saturated rings. The fourth-order valence-corrected chi connectivity index (χ4v) is 3.53. The summed E-state index contributed by atoms with van der Waals surface area (Å²) < 4.78 is 5.92. The number of benzene rings is 2. The highest BCUT2D eigenvalue weighted by Crippen LogP contribution is 2.23. The van der Waals surface area contributed by atoms with Crippen LogP contribution in [0.3, 0.4) is 0 Å². The fourth-order valence-electron chi connectivity index (χ4n) is 3.46. The van der Waals surface area contributed by atoms with Gasteiger partial charge >= 0.3 is 5.97 Å². The molecule has 1 aliphatic rings.